The van der Waals surface area contributed by atoms with Crippen LogP contribution >= 0.6 is 0 Å². The van der Waals surface area contributed by atoms with Crippen molar-refractivity contribution >= 4 is 23.6 Å². The van der Waals surface area contributed by atoms with Crippen molar-refractivity contribution in [2.75, 3.05) is 45.3 Å². The average molecular weight is 531 g/mol. The van der Waals surface area contributed by atoms with Gasteiger partial charge in [-0.2, -0.15) is 0 Å². The molecule has 3 heterocycles. The number of aromatic nitrogens is 1. The highest BCUT2D eigenvalue weighted by Crippen LogP contribution is 2.21. The number of esters is 1. The van der Waals surface area contributed by atoms with E-state index in [9.17, 15) is 14.4 Å². The maximum Gasteiger partial charge on any atom is 0.328 e. The number of amides is 2. The maximum absolute atomic E-state index is 13.0. The summed E-state index contributed by atoms with van der Waals surface area (Å²) in [6, 6.07) is 3.71. The number of anilines is 1. The number of piperidine rings is 1. The van der Waals surface area contributed by atoms with Crippen molar-refractivity contribution in [1.29, 1.82) is 0 Å². The number of nitrogens with one attached hydrogen (secondary N) is 2. The average Bonchev–Trinajstić information content (AvgIpc) is 2.94. The van der Waals surface area contributed by atoms with Gasteiger partial charge in [-0.15, -0.1) is 0 Å². The van der Waals surface area contributed by atoms with Gasteiger partial charge in [0.2, 0.25) is 11.8 Å². The van der Waals surface area contributed by atoms with Crippen LogP contribution in [0.4, 0.5) is 5.82 Å². The van der Waals surface area contributed by atoms with E-state index in [1.54, 1.807) is 18.9 Å². The molecule has 2 atom stereocenters. The minimum Gasteiger partial charge on any atom is -0.464 e. The first-order valence-corrected chi connectivity index (χ1v) is 14.5. The fraction of sp³-hybridized carbons (Fsp3) is 0.724. The molecule has 3 rings (SSSR count). The summed E-state index contributed by atoms with van der Waals surface area (Å²) in [4.78, 5) is 44.4. The molecule has 9 nitrogen and oxygen atoms in total. The molecule has 38 heavy (non-hydrogen) atoms. The Morgan fingerprint density at radius 1 is 1.16 bits per heavy atom. The predicted molar refractivity (Wildman–Crippen MR) is 147 cm³/mol. The molecule has 1 aromatic heterocycles. The summed E-state index contributed by atoms with van der Waals surface area (Å²) >= 11 is 0. The minimum atomic E-state index is -0.644. The molecule has 0 aromatic carbocycles. The van der Waals surface area contributed by atoms with E-state index >= 15 is 0 Å². The summed E-state index contributed by atoms with van der Waals surface area (Å²) in [5.41, 5.74) is 2.46. The third-order valence-electron chi connectivity index (χ3n) is 7.43. The number of likely N-dealkylation sites (tertiary alicyclic amines) is 1. The second-order valence-corrected chi connectivity index (χ2v) is 10.4. The van der Waals surface area contributed by atoms with Crippen molar-refractivity contribution < 1.29 is 23.9 Å². The van der Waals surface area contributed by atoms with Gasteiger partial charge in [0.25, 0.3) is 0 Å². The van der Waals surface area contributed by atoms with Crippen LogP contribution < -0.4 is 10.6 Å². The summed E-state index contributed by atoms with van der Waals surface area (Å²) < 4.78 is 10.2. The summed E-state index contributed by atoms with van der Waals surface area (Å²) in [7, 11) is 1.57. The first-order valence-electron chi connectivity index (χ1n) is 14.5. The van der Waals surface area contributed by atoms with Gasteiger partial charge in [-0.05, 0) is 63.5 Å². The first kappa shape index (κ1) is 29.9. The third kappa shape index (κ3) is 9.57. The van der Waals surface area contributed by atoms with Crippen LogP contribution in [-0.4, -0.2) is 73.7 Å². The Morgan fingerprint density at radius 2 is 1.97 bits per heavy atom. The molecule has 212 valence electrons. The smallest absolute Gasteiger partial charge is 0.328 e. The quantitative estimate of drug-likeness (QED) is 0.263. The van der Waals surface area contributed by atoms with E-state index in [2.05, 4.69) is 22.8 Å². The number of methoxy groups -OCH3 is 1. The predicted octanol–water partition coefficient (Wildman–Crippen LogP) is 3.65. The number of unbranched alkanes of at least 4 members (excludes halogenated alkanes) is 4. The molecule has 1 fully saturated rings. The third-order valence-corrected chi connectivity index (χ3v) is 7.43. The molecule has 2 aliphatic heterocycles. The lowest BCUT2D eigenvalue weighted by atomic mass is 9.96. The zero-order valence-electron chi connectivity index (χ0n) is 23.3. The Labute approximate surface area is 227 Å². The van der Waals surface area contributed by atoms with E-state index in [1.807, 2.05) is 0 Å². The molecule has 1 saturated heterocycles. The number of nitrogens with zero attached hydrogens (tertiary/aromatic N) is 2. The Morgan fingerprint density at radius 3 is 2.79 bits per heavy atom. The van der Waals surface area contributed by atoms with Crippen molar-refractivity contribution in [3.05, 3.63) is 23.4 Å². The van der Waals surface area contributed by atoms with E-state index in [0.717, 1.165) is 69.4 Å². The number of carbonyl (C=O) groups is 3. The first-order chi connectivity index (χ1) is 18.5. The highest BCUT2D eigenvalue weighted by molar-refractivity contribution is 5.86. The molecule has 2 N–H and O–H groups in total. The Balaban J connectivity index is 1.37. The molecule has 0 spiro atoms. The monoisotopic (exact) mass is 530 g/mol. The lowest BCUT2D eigenvalue weighted by Gasteiger charge is -2.32. The molecular weight excluding hydrogens is 484 g/mol. The van der Waals surface area contributed by atoms with Crippen LogP contribution in [0.3, 0.4) is 0 Å². The number of hydrogen-bond donors (Lipinski definition) is 2. The number of ether oxygens (including phenoxy) is 2. The number of aryl methyl sites for hydroxylation is 2. The fourth-order valence-electron chi connectivity index (χ4n) is 5.24. The number of pyridine rings is 1. The zero-order valence-corrected chi connectivity index (χ0v) is 23.3. The summed E-state index contributed by atoms with van der Waals surface area (Å²) in [5, 5.41) is 6.33. The standard InChI is InChI=1S/C29H46N4O5/c1-3-38-29(36)25(32-28(35)23-12-10-19-33(21-23)26(34)17-20-37-2)14-8-6-4-5-7-13-24-16-15-22-11-9-18-30-27(22)31-24/h15-16,23,25H,3-14,17-21H2,1-2H3,(H,30,31)(H,32,35)/t23-,25+/m1/s1. The number of carbonyl (C=O) groups excluding carboxylic acids is 3. The molecule has 9 heteroatoms. The normalized spacial score (nSPS) is 17.7. The molecule has 0 bridgehead atoms. The molecule has 2 aliphatic rings. The van der Waals surface area contributed by atoms with Gasteiger partial charge in [0, 0.05) is 32.4 Å². The minimum absolute atomic E-state index is 0.00497. The van der Waals surface area contributed by atoms with Crippen molar-refractivity contribution in [2.24, 2.45) is 5.92 Å². The Kier molecular flexibility index (Phi) is 12.8. The molecular formula is C29H46N4O5. The van der Waals surface area contributed by atoms with Gasteiger partial charge in [0.1, 0.15) is 11.9 Å². The summed E-state index contributed by atoms with van der Waals surface area (Å²) in [6.07, 6.45) is 10.7. The maximum atomic E-state index is 13.0. The van der Waals surface area contributed by atoms with Crippen LogP contribution in [0.15, 0.2) is 12.1 Å². The topological polar surface area (TPSA) is 110 Å². The van der Waals surface area contributed by atoms with Crippen LogP contribution in [-0.2, 0) is 36.7 Å². The van der Waals surface area contributed by atoms with E-state index < -0.39 is 6.04 Å². The van der Waals surface area contributed by atoms with Gasteiger partial charge in [-0.3, -0.25) is 9.59 Å². The Hall–Kier alpha value is -2.68. The van der Waals surface area contributed by atoms with Crippen LogP contribution in [0.2, 0.25) is 0 Å². The molecule has 0 saturated carbocycles. The second-order valence-electron chi connectivity index (χ2n) is 10.4. The second kappa shape index (κ2) is 16.3. The van der Waals surface area contributed by atoms with Crippen molar-refractivity contribution in [3.8, 4) is 0 Å². The van der Waals surface area contributed by atoms with E-state index in [4.69, 9.17) is 14.5 Å². The summed E-state index contributed by atoms with van der Waals surface area (Å²) in [5.74, 6) is 0.209. The van der Waals surface area contributed by atoms with Crippen LogP contribution in [0.1, 0.15) is 82.4 Å². The van der Waals surface area contributed by atoms with Crippen LogP contribution in [0.5, 0.6) is 0 Å². The fourth-order valence-corrected chi connectivity index (χ4v) is 5.24. The van der Waals surface area contributed by atoms with Crippen LogP contribution in [0, 0.1) is 5.92 Å². The van der Waals surface area contributed by atoms with E-state index in [1.165, 1.54) is 12.0 Å². The number of rotatable bonds is 15. The lowest BCUT2D eigenvalue weighted by Crippen LogP contribution is -2.49. The molecule has 1 aromatic rings. The van der Waals surface area contributed by atoms with E-state index in [0.29, 0.717) is 39.0 Å². The number of fused-ring (bicyclic) bond motifs is 1. The largest absolute Gasteiger partial charge is 0.464 e. The Bertz CT molecular complexity index is 909. The van der Waals surface area contributed by atoms with Crippen molar-refractivity contribution in [1.82, 2.24) is 15.2 Å². The number of hydrogen-bond acceptors (Lipinski definition) is 7. The van der Waals surface area contributed by atoms with Gasteiger partial charge in [-0.1, -0.05) is 31.7 Å². The molecule has 2 amide bonds. The zero-order chi connectivity index (χ0) is 27.2. The van der Waals surface area contributed by atoms with Gasteiger partial charge in [-0.25, -0.2) is 9.78 Å². The van der Waals surface area contributed by atoms with Gasteiger partial charge in [0.15, 0.2) is 0 Å². The SMILES string of the molecule is CCOC(=O)[C@H](CCCCCCCc1ccc2c(n1)NCCC2)NC(=O)[C@@H]1CCCN(C(=O)CCOC)C1. The van der Waals surface area contributed by atoms with Crippen molar-refractivity contribution in [3.63, 3.8) is 0 Å². The van der Waals surface area contributed by atoms with Crippen molar-refractivity contribution in [2.45, 2.75) is 90.0 Å². The lowest BCUT2D eigenvalue weighted by molar-refractivity contribution is -0.148. The van der Waals surface area contributed by atoms with E-state index in [-0.39, 0.29) is 30.3 Å². The molecule has 0 aliphatic carbocycles. The highest BCUT2D eigenvalue weighted by Gasteiger charge is 2.31. The van der Waals surface area contributed by atoms with Gasteiger partial charge in [0.05, 0.1) is 25.6 Å². The molecule has 0 unspecified atom stereocenters. The summed E-state index contributed by atoms with van der Waals surface area (Å²) in [6.45, 7) is 4.48. The molecule has 0 radical (unpaired) electrons. The van der Waals surface area contributed by atoms with Gasteiger partial charge < -0.3 is 25.0 Å². The highest BCUT2D eigenvalue weighted by atomic mass is 16.5. The van der Waals surface area contributed by atoms with Crippen LogP contribution in [0.25, 0.3) is 0 Å². The van der Waals surface area contributed by atoms with Gasteiger partial charge >= 0.3 is 5.97 Å².